The fraction of sp³-hybridized carbons (Fsp3) is 0. The van der Waals surface area contributed by atoms with Crippen molar-refractivity contribution in [3.63, 3.8) is 0 Å². The van der Waals surface area contributed by atoms with Crippen LogP contribution < -0.4 is 9.80 Å². The second-order valence-corrected chi connectivity index (χ2v) is 9.74. The fourth-order valence-corrected chi connectivity index (χ4v) is 5.62. The minimum Gasteiger partial charge on any atom is -0.268 e. The fourth-order valence-electron chi connectivity index (χ4n) is 5.24. The molecule has 1 aliphatic heterocycles. The molecule has 0 saturated carbocycles. The lowest BCUT2D eigenvalue weighted by atomic mass is 9.93. The molecule has 0 spiro atoms. The van der Waals surface area contributed by atoms with E-state index in [1.54, 1.807) is 60.7 Å². The van der Waals surface area contributed by atoms with Gasteiger partial charge >= 0.3 is 0 Å². The van der Waals surface area contributed by atoms with Gasteiger partial charge in [0.15, 0.2) is 5.11 Å². The molecular formula is C29H15N5O8S. The number of nitro benzene ring substituents is 3. The van der Waals surface area contributed by atoms with Gasteiger partial charge in [0.2, 0.25) is 0 Å². The largest absolute Gasteiger partial charge is 0.284 e. The van der Waals surface area contributed by atoms with Crippen LogP contribution in [-0.4, -0.2) is 31.7 Å². The van der Waals surface area contributed by atoms with Crippen LogP contribution in [-0.2, 0) is 9.59 Å². The van der Waals surface area contributed by atoms with E-state index in [2.05, 4.69) is 0 Å². The molecule has 1 fully saturated rings. The molecule has 2 amide bonds. The van der Waals surface area contributed by atoms with E-state index in [0.717, 1.165) is 34.1 Å². The van der Waals surface area contributed by atoms with Crippen LogP contribution in [0.25, 0.3) is 16.7 Å². The monoisotopic (exact) mass is 593 g/mol. The Kier molecular flexibility index (Phi) is 6.31. The number of carbonyl (C=O) groups is 2. The zero-order valence-corrected chi connectivity index (χ0v) is 22.4. The number of thiocarbonyl (C=S) groups is 1. The molecule has 0 bridgehead atoms. The van der Waals surface area contributed by atoms with Gasteiger partial charge in [-0.05, 0) is 53.7 Å². The number of carbonyl (C=O) groups excluding carboxylic acids is 2. The molecule has 4 aromatic rings. The molecule has 0 radical (unpaired) electrons. The van der Waals surface area contributed by atoms with E-state index in [0.29, 0.717) is 11.4 Å². The Hall–Kier alpha value is -6.15. The van der Waals surface area contributed by atoms with E-state index in [4.69, 9.17) is 12.2 Å². The number of para-hydroxylation sites is 2. The van der Waals surface area contributed by atoms with E-state index >= 15 is 0 Å². The number of fused-ring (bicyclic) bond motifs is 3. The quantitative estimate of drug-likeness (QED) is 0.0832. The second kappa shape index (κ2) is 10.0. The van der Waals surface area contributed by atoms with Crippen molar-refractivity contribution in [3.8, 4) is 11.1 Å². The number of nitrogens with zero attached hydrogens (tertiary/aromatic N) is 5. The molecule has 6 rings (SSSR count). The molecule has 1 heterocycles. The number of rotatable bonds is 5. The summed E-state index contributed by atoms with van der Waals surface area (Å²) >= 11 is 5.63. The van der Waals surface area contributed by atoms with Crippen LogP contribution in [0.4, 0.5) is 28.4 Å². The SMILES string of the molecule is O=C1C(=C2c3cc([N+](=O)[O-])ccc3-c3c2cc([N+](=O)[O-])cc3[N+](=O)[O-])C(=O)N(c2ccccc2)C(=S)N1c1ccccc1. The minimum atomic E-state index is -0.914. The molecule has 0 N–H and O–H groups in total. The Labute approximate surface area is 246 Å². The Balaban J connectivity index is 1.75. The number of hydrogen-bond acceptors (Lipinski definition) is 9. The van der Waals surface area contributed by atoms with Gasteiger partial charge in [-0.1, -0.05) is 36.4 Å². The Morgan fingerprint density at radius 1 is 0.558 bits per heavy atom. The summed E-state index contributed by atoms with van der Waals surface area (Å²) in [5.41, 5.74) is -2.15. The molecule has 0 unspecified atom stereocenters. The molecule has 43 heavy (non-hydrogen) atoms. The van der Waals surface area contributed by atoms with Gasteiger partial charge < -0.3 is 0 Å². The van der Waals surface area contributed by atoms with Crippen LogP contribution in [0.2, 0.25) is 0 Å². The maximum absolute atomic E-state index is 14.3. The first-order chi connectivity index (χ1) is 20.6. The molecule has 2 aliphatic rings. The van der Waals surface area contributed by atoms with Crippen LogP contribution in [0.5, 0.6) is 0 Å². The Morgan fingerprint density at radius 2 is 1.07 bits per heavy atom. The highest BCUT2D eigenvalue weighted by Gasteiger charge is 2.46. The highest BCUT2D eigenvalue weighted by Crippen LogP contribution is 2.52. The third-order valence-electron chi connectivity index (χ3n) is 7.03. The first-order valence-corrected chi connectivity index (χ1v) is 12.8. The van der Waals surface area contributed by atoms with Crippen molar-refractivity contribution < 1.29 is 24.4 Å². The zero-order valence-electron chi connectivity index (χ0n) is 21.6. The average Bonchev–Trinajstić information content (AvgIpc) is 3.31. The van der Waals surface area contributed by atoms with Crippen LogP contribution in [0.15, 0.2) is 96.6 Å². The van der Waals surface area contributed by atoms with Crippen molar-refractivity contribution >= 4 is 63.2 Å². The first kappa shape index (κ1) is 27.0. The predicted molar refractivity (Wildman–Crippen MR) is 158 cm³/mol. The maximum Gasteiger partial charge on any atom is 0.284 e. The van der Waals surface area contributed by atoms with Crippen molar-refractivity contribution in [1.82, 2.24) is 0 Å². The summed E-state index contributed by atoms with van der Waals surface area (Å²) in [4.78, 5) is 64.2. The van der Waals surface area contributed by atoms with E-state index in [9.17, 15) is 39.9 Å². The summed E-state index contributed by atoms with van der Waals surface area (Å²) in [7, 11) is 0. The normalized spacial score (nSPS) is 14.1. The van der Waals surface area contributed by atoms with Gasteiger partial charge in [-0.15, -0.1) is 0 Å². The number of non-ortho nitro benzene ring substituents is 2. The molecule has 1 saturated heterocycles. The topological polar surface area (TPSA) is 170 Å². The lowest BCUT2D eigenvalue weighted by molar-refractivity contribution is -0.393. The van der Waals surface area contributed by atoms with Gasteiger partial charge in [0.25, 0.3) is 28.9 Å². The molecular weight excluding hydrogens is 578 g/mol. The van der Waals surface area contributed by atoms with Crippen LogP contribution in [0.3, 0.4) is 0 Å². The summed E-state index contributed by atoms with van der Waals surface area (Å²) in [6.45, 7) is 0. The van der Waals surface area contributed by atoms with Crippen LogP contribution in [0, 0.1) is 30.3 Å². The van der Waals surface area contributed by atoms with Crippen molar-refractivity contribution in [2.75, 3.05) is 9.80 Å². The molecule has 4 aromatic carbocycles. The standard InChI is InChI=1S/C29H15N5O8S/c35-27-26(28(36)31(17-9-5-2-6-10-17)29(43)30(27)16-7-3-1-4-8-16)25-21-13-18(32(37)38)11-12-20(21)24-22(25)14-19(33(39)40)15-23(24)34(41)42/h1-15H. The maximum atomic E-state index is 14.3. The summed E-state index contributed by atoms with van der Waals surface area (Å²) in [5.74, 6) is -1.83. The van der Waals surface area contributed by atoms with Gasteiger partial charge in [-0.2, -0.15) is 0 Å². The number of anilines is 2. The highest BCUT2D eigenvalue weighted by molar-refractivity contribution is 7.81. The molecule has 13 nitrogen and oxygen atoms in total. The third kappa shape index (κ3) is 4.20. The molecule has 0 aromatic heterocycles. The summed E-state index contributed by atoms with van der Waals surface area (Å²) < 4.78 is 0. The third-order valence-corrected chi connectivity index (χ3v) is 7.39. The lowest BCUT2D eigenvalue weighted by Crippen LogP contribution is -2.57. The van der Waals surface area contributed by atoms with Crippen LogP contribution >= 0.6 is 12.2 Å². The Bertz CT molecular complexity index is 1910. The summed E-state index contributed by atoms with van der Waals surface area (Å²) in [5, 5.41) is 35.5. The molecule has 210 valence electrons. The highest BCUT2D eigenvalue weighted by atomic mass is 32.1. The van der Waals surface area contributed by atoms with Crippen molar-refractivity contribution in [2.45, 2.75) is 0 Å². The van der Waals surface area contributed by atoms with E-state index in [1.807, 2.05) is 0 Å². The zero-order chi connectivity index (χ0) is 30.6. The summed E-state index contributed by atoms with van der Waals surface area (Å²) in [6, 6.07) is 21.6. The van der Waals surface area contributed by atoms with Gasteiger partial charge in [-0.25, -0.2) is 0 Å². The van der Waals surface area contributed by atoms with E-state index in [-0.39, 0.29) is 32.9 Å². The van der Waals surface area contributed by atoms with Crippen LogP contribution in [0.1, 0.15) is 11.1 Å². The van der Waals surface area contributed by atoms with Gasteiger partial charge in [0.05, 0.1) is 37.8 Å². The number of benzene rings is 4. The minimum absolute atomic E-state index is 0.0432. The summed E-state index contributed by atoms with van der Waals surface area (Å²) in [6.07, 6.45) is 0. The number of hydrogen-bond donors (Lipinski definition) is 0. The lowest BCUT2D eigenvalue weighted by Gasteiger charge is -2.37. The van der Waals surface area contributed by atoms with Gasteiger partial charge in [-0.3, -0.25) is 49.7 Å². The van der Waals surface area contributed by atoms with E-state index in [1.165, 1.54) is 6.07 Å². The smallest absolute Gasteiger partial charge is 0.268 e. The predicted octanol–water partition coefficient (Wildman–Crippen LogP) is 5.56. The number of nitro groups is 3. The average molecular weight is 594 g/mol. The van der Waals surface area contributed by atoms with Crippen molar-refractivity contribution in [3.05, 3.63) is 138 Å². The van der Waals surface area contributed by atoms with E-state index < -0.39 is 49.2 Å². The Morgan fingerprint density at radius 3 is 1.56 bits per heavy atom. The number of amides is 2. The molecule has 1 aliphatic carbocycles. The second-order valence-electron chi connectivity index (χ2n) is 9.37. The van der Waals surface area contributed by atoms with Gasteiger partial charge in [0.1, 0.15) is 5.57 Å². The first-order valence-electron chi connectivity index (χ1n) is 12.4. The molecule has 0 atom stereocenters. The van der Waals surface area contributed by atoms with Gasteiger partial charge in [0, 0.05) is 29.3 Å². The molecule has 14 heteroatoms. The van der Waals surface area contributed by atoms with Crippen molar-refractivity contribution in [2.24, 2.45) is 0 Å². The van der Waals surface area contributed by atoms with Crippen molar-refractivity contribution in [1.29, 1.82) is 0 Å².